The number of likely N-dealkylation sites (N-methyl/N-ethyl adjacent to an activating group) is 1. The van der Waals surface area contributed by atoms with E-state index in [0.29, 0.717) is 22.2 Å². The van der Waals surface area contributed by atoms with Gasteiger partial charge in [0.05, 0.1) is 10.9 Å². The fourth-order valence-corrected chi connectivity index (χ4v) is 3.55. The normalized spacial score (nSPS) is 10.8. The molecule has 1 aromatic carbocycles. The maximum atomic E-state index is 12.2. The van der Waals surface area contributed by atoms with E-state index in [4.69, 9.17) is 20.8 Å². The van der Waals surface area contributed by atoms with Gasteiger partial charge in [0.2, 0.25) is 0 Å². The Kier molecular flexibility index (Phi) is 5.11. The molecule has 0 saturated carbocycles. The molecule has 1 amide bonds. The van der Waals surface area contributed by atoms with Crippen LogP contribution in [0.2, 0.25) is 4.34 Å². The van der Waals surface area contributed by atoms with E-state index in [9.17, 15) is 9.59 Å². The van der Waals surface area contributed by atoms with Crippen molar-refractivity contribution >= 4 is 39.8 Å². The van der Waals surface area contributed by atoms with Gasteiger partial charge in [-0.1, -0.05) is 11.6 Å². The van der Waals surface area contributed by atoms with Crippen molar-refractivity contribution in [2.75, 3.05) is 13.7 Å². The van der Waals surface area contributed by atoms with E-state index in [2.05, 4.69) is 0 Å². The SMILES string of the molecule is Cc1cc(=O)oc2cc(OCC(=O)N(C)Cc3ccc(Cl)s3)ccc12. The maximum Gasteiger partial charge on any atom is 0.336 e. The lowest BCUT2D eigenvalue weighted by molar-refractivity contribution is -0.132. The summed E-state index contributed by atoms with van der Waals surface area (Å²) >= 11 is 7.33. The molecular formula is C18H16ClNO4S. The number of nitrogens with zero attached hydrogens (tertiary/aromatic N) is 1. The van der Waals surface area contributed by atoms with Crippen LogP contribution in [-0.4, -0.2) is 24.5 Å². The minimum atomic E-state index is -0.410. The lowest BCUT2D eigenvalue weighted by Crippen LogP contribution is -2.30. The minimum absolute atomic E-state index is 0.100. The Balaban J connectivity index is 1.65. The highest BCUT2D eigenvalue weighted by Crippen LogP contribution is 2.23. The molecule has 0 radical (unpaired) electrons. The van der Waals surface area contributed by atoms with Gasteiger partial charge < -0.3 is 14.1 Å². The van der Waals surface area contributed by atoms with Crippen LogP contribution >= 0.6 is 22.9 Å². The number of ether oxygens (including phenoxy) is 1. The van der Waals surface area contributed by atoms with Gasteiger partial charge in [-0.15, -0.1) is 11.3 Å². The number of hydrogen-bond acceptors (Lipinski definition) is 5. The van der Waals surface area contributed by atoms with E-state index in [1.807, 2.05) is 19.1 Å². The third kappa shape index (κ3) is 4.21. The molecule has 0 spiro atoms. The lowest BCUT2D eigenvalue weighted by atomic mass is 10.1. The van der Waals surface area contributed by atoms with Crippen molar-refractivity contribution in [2.45, 2.75) is 13.5 Å². The summed E-state index contributed by atoms with van der Waals surface area (Å²) in [4.78, 5) is 26.2. The number of fused-ring (bicyclic) bond motifs is 1. The number of hydrogen-bond donors (Lipinski definition) is 0. The first-order chi connectivity index (χ1) is 11.9. The van der Waals surface area contributed by atoms with Crippen molar-refractivity contribution in [3.8, 4) is 5.75 Å². The van der Waals surface area contributed by atoms with Gasteiger partial charge in [-0.05, 0) is 36.8 Å². The van der Waals surface area contributed by atoms with E-state index in [1.165, 1.54) is 17.4 Å². The summed E-state index contributed by atoms with van der Waals surface area (Å²) in [6.45, 7) is 2.22. The van der Waals surface area contributed by atoms with Crippen LogP contribution in [0.15, 0.2) is 45.6 Å². The van der Waals surface area contributed by atoms with Crippen molar-refractivity contribution in [1.29, 1.82) is 0 Å². The fraction of sp³-hybridized carbons (Fsp3) is 0.222. The zero-order chi connectivity index (χ0) is 18.0. The van der Waals surface area contributed by atoms with Crippen LogP contribution < -0.4 is 10.4 Å². The van der Waals surface area contributed by atoms with Gasteiger partial charge in [-0.2, -0.15) is 0 Å². The van der Waals surface area contributed by atoms with Gasteiger partial charge in [-0.3, -0.25) is 4.79 Å². The molecule has 2 aromatic heterocycles. The molecule has 0 fully saturated rings. The summed E-state index contributed by atoms with van der Waals surface area (Å²) in [5, 5.41) is 0.838. The topological polar surface area (TPSA) is 59.8 Å². The molecule has 0 aliphatic carbocycles. The highest BCUT2D eigenvalue weighted by molar-refractivity contribution is 7.16. The van der Waals surface area contributed by atoms with Gasteiger partial charge in [0, 0.05) is 29.4 Å². The molecule has 0 unspecified atom stereocenters. The van der Waals surface area contributed by atoms with Crippen molar-refractivity contribution in [1.82, 2.24) is 4.90 Å². The minimum Gasteiger partial charge on any atom is -0.484 e. The molecule has 0 saturated heterocycles. The van der Waals surface area contributed by atoms with Gasteiger partial charge in [0.25, 0.3) is 5.91 Å². The van der Waals surface area contributed by atoms with Crippen LogP contribution in [0.5, 0.6) is 5.75 Å². The second-order valence-corrected chi connectivity index (χ2v) is 7.45. The van der Waals surface area contributed by atoms with Crippen molar-refractivity contribution in [2.24, 2.45) is 0 Å². The molecule has 0 bridgehead atoms. The first-order valence-electron chi connectivity index (χ1n) is 7.58. The summed E-state index contributed by atoms with van der Waals surface area (Å²) in [7, 11) is 1.71. The number of halogens is 1. The highest BCUT2D eigenvalue weighted by Gasteiger charge is 2.12. The van der Waals surface area contributed by atoms with E-state index in [-0.39, 0.29) is 12.5 Å². The van der Waals surface area contributed by atoms with Crippen LogP contribution in [-0.2, 0) is 11.3 Å². The predicted octanol–water partition coefficient (Wildman–Crippen LogP) is 3.85. The molecule has 2 heterocycles. The average molecular weight is 378 g/mol. The third-order valence-corrected chi connectivity index (χ3v) is 4.95. The second-order valence-electron chi connectivity index (χ2n) is 5.65. The molecule has 0 atom stereocenters. The molecule has 3 aromatic rings. The van der Waals surface area contributed by atoms with Gasteiger partial charge in [-0.25, -0.2) is 4.79 Å². The van der Waals surface area contributed by atoms with Gasteiger partial charge in [0.1, 0.15) is 11.3 Å². The predicted molar refractivity (Wildman–Crippen MR) is 98.5 cm³/mol. The van der Waals surface area contributed by atoms with Crippen LogP contribution in [0.25, 0.3) is 11.0 Å². The summed E-state index contributed by atoms with van der Waals surface area (Å²) in [6, 6.07) is 10.3. The van der Waals surface area contributed by atoms with Gasteiger partial charge >= 0.3 is 5.63 Å². The number of carbonyl (C=O) groups is 1. The van der Waals surface area contributed by atoms with Crippen LogP contribution in [0.1, 0.15) is 10.4 Å². The summed E-state index contributed by atoms with van der Waals surface area (Å²) in [5.74, 6) is 0.317. The Bertz CT molecular complexity index is 979. The van der Waals surface area contributed by atoms with E-state index in [0.717, 1.165) is 15.8 Å². The molecule has 25 heavy (non-hydrogen) atoms. The molecule has 7 heteroatoms. The first-order valence-corrected chi connectivity index (χ1v) is 8.77. The maximum absolute atomic E-state index is 12.2. The fourth-order valence-electron chi connectivity index (χ4n) is 2.41. The van der Waals surface area contributed by atoms with E-state index < -0.39 is 5.63 Å². The van der Waals surface area contributed by atoms with E-state index in [1.54, 1.807) is 30.1 Å². The number of amides is 1. The van der Waals surface area contributed by atoms with Crippen LogP contribution in [0, 0.1) is 6.92 Å². The van der Waals surface area contributed by atoms with E-state index >= 15 is 0 Å². The molecule has 0 aliphatic rings. The third-order valence-electron chi connectivity index (χ3n) is 3.73. The Morgan fingerprint density at radius 1 is 1.28 bits per heavy atom. The lowest BCUT2D eigenvalue weighted by Gasteiger charge is -2.16. The Morgan fingerprint density at radius 3 is 2.80 bits per heavy atom. The molecule has 130 valence electrons. The first kappa shape index (κ1) is 17.5. The van der Waals surface area contributed by atoms with Crippen molar-refractivity contribution in [3.63, 3.8) is 0 Å². The smallest absolute Gasteiger partial charge is 0.336 e. The quantitative estimate of drug-likeness (QED) is 0.633. The monoisotopic (exact) mass is 377 g/mol. The summed E-state index contributed by atoms with van der Waals surface area (Å²) < 4.78 is 11.4. The average Bonchev–Trinajstić information content (AvgIpc) is 2.96. The Morgan fingerprint density at radius 2 is 2.08 bits per heavy atom. The highest BCUT2D eigenvalue weighted by atomic mass is 35.5. The number of rotatable bonds is 5. The molecule has 5 nitrogen and oxygen atoms in total. The largest absolute Gasteiger partial charge is 0.484 e. The standard InChI is InChI=1S/C18H16ClNO4S/c1-11-7-18(22)24-15-8-12(3-5-14(11)15)23-10-17(21)20(2)9-13-4-6-16(19)25-13/h3-8H,9-10H2,1-2H3. The van der Waals surface area contributed by atoms with Gasteiger partial charge in [0.15, 0.2) is 6.61 Å². The molecule has 3 rings (SSSR count). The summed E-state index contributed by atoms with van der Waals surface area (Å²) in [6.07, 6.45) is 0. The number of carbonyl (C=O) groups excluding carboxylic acids is 1. The summed E-state index contributed by atoms with van der Waals surface area (Å²) in [5.41, 5.74) is 0.868. The Labute approximate surface area is 153 Å². The zero-order valence-electron chi connectivity index (χ0n) is 13.7. The number of aryl methyl sites for hydroxylation is 1. The van der Waals surface area contributed by atoms with Crippen LogP contribution in [0.3, 0.4) is 0 Å². The number of benzene rings is 1. The van der Waals surface area contributed by atoms with Crippen molar-refractivity contribution < 1.29 is 13.9 Å². The Hall–Kier alpha value is -2.31. The van der Waals surface area contributed by atoms with Crippen LogP contribution in [0.4, 0.5) is 0 Å². The zero-order valence-corrected chi connectivity index (χ0v) is 15.3. The molecule has 0 aliphatic heterocycles. The molecule has 0 N–H and O–H groups in total. The molecular weight excluding hydrogens is 362 g/mol. The number of thiophene rings is 1. The van der Waals surface area contributed by atoms with Crippen molar-refractivity contribution in [3.05, 3.63) is 61.6 Å². The second kappa shape index (κ2) is 7.29.